The van der Waals surface area contributed by atoms with E-state index in [9.17, 15) is 4.79 Å². The third kappa shape index (κ3) is 4.77. The minimum absolute atomic E-state index is 0.115. The number of methoxy groups -OCH3 is 1. The number of ether oxygens (including phenoxy) is 3. The Hall–Kier alpha value is -2.83. The number of nitrogens with zero attached hydrogens (tertiary/aromatic N) is 2. The fraction of sp³-hybridized carbons (Fsp3) is 0.385. The number of rotatable bonds is 5. The van der Waals surface area contributed by atoms with Gasteiger partial charge in [-0.25, -0.2) is 0 Å². The standard InChI is InChI=1S/C26H27ClN2O4/c1-31-25-15-23-18(14-22(25)27)13-19(16-28-23)17-4-6-20(7-5-17)33-21-8-10-29(11-9-21)26(30)24-3-2-12-32-24/h4-7,13-16,21,24H,2-3,8-12H2,1H3/t24-/m1/s1. The van der Waals surface area contributed by atoms with Crippen LogP contribution in [0.25, 0.3) is 22.0 Å². The molecule has 2 aromatic carbocycles. The van der Waals surface area contributed by atoms with E-state index in [1.807, 2.05) is 47.5 Å². The van der Waals surface area contributed by atoms with Crippen molar-refractivity contribution in [2.24, 2.45) is 0 Å². The van der Waals surface area contributed by atoms with Gasteiger partial charge in [0.25, 0.3) is 5.91 Å². The summed E-state index contributed by atoms with van der Waals surface area (Å²) >= 11 is 6.28. The molecular formula is C26H27ClN2O4. The van der Waals surface area contributed by atoms with Gasteiger partial charge in [0.05, 0.1) is 17.6 Å². The van der Waals surface area contributed by atoms with Crippen molar-refractivity contribution in [3.05, 3.63) is 53.7 Å². The zero-order valence-corrected chi connectivity index (χ0v) is 19.4. The normalized spacial score (nSPS) is 19.1. The number of fused-ring (bicyclic) bond motifs is 1. The van der Waals surface area contributed by atoms with E-state index < -0.39 is 0 Å². The van der Waals surface area contributed by atoms with Crippen LogP contribution in [-0.4, -0.2) is 54.8 Å². The zero-order chi connectivity index (χ0) is 22.8. The lowest BCUT2D eigenvalue weighted by Crippen LogP contribution is -2.45. The quantitative estimate of drug-likeness (QED) is 0.522. The van der Waals surface area contributed by atoms with Crippen LogP contribution in [0.4, 0.5) is 0 Å². The predicted octanol–water partition coefficient (Wildman–Crippen LogP) is 5.11. The first-order valence-corrected chi connectivity index (χ1v) is 11.8. The maximum absolute atomic E-state index is 12.5. The Balaban J connectivity index is 1.21. The lowest BCUT2D eigenvalue weighted by molar-refractivity contribution is -0.142. The lowest BCUT2D eigenvalue weighted by atomic mass is 10.0. The molecule has 3 aromatic rings. The van der Waals surface area contributed by atoms with Crippen LogP contribution in [0.2, 0.25) is 5.02 Å². The first kappa shape index (κ1) is 22.0. The molecule has 0 spiro atoms. The average Bonchev–Trinajstić information content (AvgIpc) is 3.39. The Morgan fingerprint density at radius 1 is 1.09 bits per heavy atom. The van der Waals surface area contributed by atoms with Crippen molar-refractivity contribution in [2.75, 3.05) is 26.8 Å². The Labute approximate surface area is 198 Å². The Morgan fingerprint density at radius 2 is 1.88 bits per heavy atom. The van der Waals surface area contributed by atoms with Gasteiger partial charge in [0.1, 0.15) is 23.7 Å². The van der Waals surface area contributed by atoms with E-state index in [0.717, 1.165) is 66.6 Å². The van der Waals surface area contributed by atoms with Gasteiger partial charge in [0.15, 0.2) is 0 Å². The molecule has 2 aliphatic rings. The van der Waals surface area contributed by atoms with Crippen LogP contribution in [0, 0.1) is 0 Å². The summed E-state index contributed by atoms with van der Waals surface area (Å²) in [7, 11) is 1.60. The number of piperidine rings is 1. The van der Waals surface area contributed by atoms with Crippen LogP contribution in [0.5, 0.6) is 11.5 Å². The SMILES string of the molecule is COc1cc2ncc(-c3ccc(OC4CCN(C(=O)[C@H]5CCCO5)CC4)cc3)cc2cc1Cl. The summed E-state index contributed by atoms with van der Waals surface area (Å²) in [6, 6.07) is 13.9. The van der Waals surface area contributed by atoms with E-state index in [2.05, 4.69) is 11.1 Å². The van der Waals surface area contributed by atoms with Gasteiger partial charge in [-0.1, -0.05) is 23.7 Å². The van der Waals surface area contributed by atoms with Crippen molar-refractivity contribution >= 4 is 28.4 Å². The van der Waals surface area contributed by atoms with Crippen molar-refractivity contribution < 1.29 is 19.0 Å². The van der Waals surface area contributed by atoms with E-state index in [0.29, 0.717) is 17.4 Å². The van der Waals surface area contributed by atoms with Crippen LogP contribution in [0.1, 0.15) is 25.7 Å². The molecule has 0 unspecified atom stereocenters. The Kier molecular flexibility index (Phi) is 6.38. The minimum atomic E-state index is -0.238. The Morgan fingerprint density at radius 3 is 2.58 bits per heavy atom. The van der Waals surface area contributed by atoms with Gasteiger partial charge >= 0.3 is 0 Å². The number of likely N-dealkylation sites (tertiary alicyclic amines) is 1. The molecule has 33 heavy (non-hydrogen) atoms. The van der Waals surface area contributed by atoms with Crippen LogP contribution >= 0.6 is 11.6 Å². The van der Waals surface area contributed by atoms with Crippen molar-refractivity contribution in [1.29, 1.82) is 0 Å². The molecule has 0 bridgehead atoms. The summed E-state index contributed by atoms with van der Waals surface area (Å²) in [5, 5.41) is 1.53. The molecule has 2 aliphatic heterocycles. The molecule has 2 fully saturated rings. The fourth-order valence-electron chi connectivity index (χ4n) is 4.53. The van der Waals surface area contributed by atoms with Crippen LogP contribution in [0.15, 0.2) is 48.7 Å². The highest BCUT2D eigenvalue weighted by atomic mass is 35.5. The number of hydrogen-bond acceptors (Lipinski definition) is 5. The molecule has 1 atom stereocenters. The highest BCUT2D eigenvalue weighted by Crippen LogP contribution is 2.32. The average molecular weight is 467 g/mol. The number of carbonyl (C=O) groups excluding carboxylic acids is 1. The monoisotopic (exact) mass is 466 g/mol. The van der Waals surface area contributed by atoms with Crippen molar-refractivity contribution in [3.63, 3.8) is 0 Å². The van der Waals surface area contributed by atoms with Crippen LogP contribution < -0.4 is 9.47 Å². The molecule has 1 amide bonds. The molecule has 0 saturated carbocycles. The molecule has 0 N–H and O–H groups in total. The van der Waals surface area contributed by atoms with Gasteiger partial charge in [0.2, 0.25) is 0 Å². The maximum atomic E-state index is 12.5. The molecule has 7 heteroatoms. The summed E-state index contributed by atoms with van der Waals surface area (Å²) in [4.78, 5) is 19.0. The van der Waals surface area contributed by atoms with Gasteiger partial charge in [-0.3, -0.25) is 9.78 Å². The highest BCUT2D eigenvalue weighted by Gasteiger charge is 2.31. The third-order valence-corrected chi connectivity index (χ3v) is 6.70. The number of pyridine rings is 1. The van der Waals surface area contributed by atoms with Gasteiger partial charge in [0, 0.05) is 55.8 Å². The number of halogens is 1. The molecule has 0 aliphatic carbocycles. The molecule has 5 rings (SSSR count). The fourth-order valence-corrected chi connectivity index (χ4v) is 4.78. The molecule has 3 heterocycles. The van der Waals surface area contributed by atoms with Crippen LogP contribution in [0.3, 0.4) is 0 Å². The van der Waals surface area contributed by atoms with Gasteiger partial charge in [-0.05, 0) is 42.7 Å². The summed E-state index contributed by atoms with van der Waals surface area (Å²) in [6.07, 6.45) is 5.21. The van der Waals surface area contributed by atoms with E-state index >= 15 is 0 Å². The summed E-state index contributed by atoms with van der Waals surface area (Å²) in [5.41, 5.74) is 2.90. The number of hydrogen-bond donors (Lipinski definition) is 0. The molecule has 1 aromatic heterocycles. The van der Waals surface area contributed by atoms with E-state index in [4.69, 9.17) is 25.8 Å². The largest absolute Gasteiger partial charge is 0.495 e. The summed E-state index contributed by atoms with van der Waals surface area (Å²) in [5.74, 6) is 1.59. The number of aromatic nitrogens is 1. The first-order valence-electron chi connectivity index (χ1n) is 11.4. The zero-order valence-electron chi connectivity index (χ0n) is 18.6. The number of carbonyl (C=O) groups is 1. The van der Waals surface area contributed by atoms with Crippen molar-refractivity contribution in [2.45, 2.75) is 37.9 Å². The Bertz CT molecular complexity index is 1140. The minimum Gasteiger partial charge on any atom is -0.495 e. The maximum Gasteiger partial charge on any atom is 0.251 e. The topological polar surface area (TPSA) is 60.9 Å². The van der Waals surface area contributed by atoms with Gasteiger partial charge in [-0.2, -0.15) is 0 Å². The second-order valence-corrected chi connectivity index (χ2v) is 8.98. The number of benzene rings is 2. The molecular weight excluding hydrogens is 440 g/mol. The lowest BCUT2D eigenvalue weighted by Gasteiger charge is -2.33. The third-order valence-electron chi connectivity index (χ3n) is 6.40. The van der Waals surface area contributed by atoms with E-state index in [-0.39, 0.29) is 18.1 Å². The molecule has 2 saturated heterocycles. The summed E-state index contributed by atoms with van der Waals surface area (Å²) < 4.78 is 17.0. The second kappa shape index (κ2) is 9.57. The summed E-state index contributed by atoms with van der Waals surface area (Å²) in [6.45, 7) is 2.14. The van der Waals surface area contributed by atoms with Gasteiger partial charge < -0.3 is 19.1 Å². The second-order valence-electron chi connectivity index (χ2n) is 8.57. The van der Waals surface area contributed by atoms with Crippen molar-refractivity contribution in [3.8, 4) is 22.6 Å². The highest BCUT2D eigenvalue weighted by molar-refractivity contribution is 6.32. The van der Waals surface area contributed by atoms with Gasteiger partial charge in [-0.15, -0.1) is 0 Å². The number of amides is 1. The van der Waals surface area contributed by atoms with E-state index in [1.165, 1.54) is 0 Å². The van der Waals surface area contributed by atoms with Crippen molar-refractivity contribution in [1.82, 2.24) is 9.88 Å². The van der Waals surface area contributed by atoms with E-state index in [1.54, 1.807) is 7.11 Å². The van der Waals surface area contributed by atoms with Crippen LogP contribution in [-0.2, 0) is 9.53 Å². The molecule has 172 valence electrons. The predicted molar refractivity (Wildman–Crippen MR) is 128 cm³/mol. The smallest absolute Gasteiger partial charge is 0.251 e. The molecule has 0 radical (unpaired) electrons. The molecule has 6 nitrogen and oxygen atoms in total. The first-order chi connectivity index (χ1) is 16.1.